The minimum atomic E-state index is -0.962. The van der Waals surface area contributed by atoms with Crippen LogP contribution in [-0.2, 0) is 4.79 Å². The Morgan fingerprint density at radius 2 is 2.05 bits per heavy atom. The van der Waals surface area contributed by atoms with E-state index in [4.69, 9.17) is 5.11 Å². The third-order valence-corrected chi connectivity index (χ3v) is 3.82. The molecule has 5 heteroatoms. The average molecular weight is 290 g/mol. The van der Waals surface area contributed by atoms with Crippen LogP contribution in [-0.4, -0.2) is 53.1 Å². The van der Waals surface area contributed by atoms with E-state index in [1.54, 1.807) is 4.90 Å². The Balaban J connectivity index is 1.99. The molecule has 2 rings (SSSR count). The molecular formula is C16H22N2O3. The van der Waals surface area contributed by atoms with E-state index in [0.29, 0.717) is 25.6 Å². The lowest BCUT2D eigenvalue weighted by atomic mass is 9.99. The van der Waals surface area contributed by atoms with Crippen LogP contribution in [0, 0.1) is 0 Å². The standard InChI is InChI=1S/C16H22N2O3/c1-2-9-17(12-15(19)20)16(21)18-10-8-14(11-18)13-6-4-3-5-7-13/h3-7,14H,2,8-12H2,1H3,(H,19,20). The Bertz CT molecular complexity index is 490. The van der Waals surface area contributed by atoms with Gasteiger partial charge in [-0.3, -0.25) is 4.79 Å². The number of urea groups is 1. The van der Waals surface area contributed by atoms with Crippen molar-refractivity contribution in [3.63, 3.8) is 0 Å². The minimum absolute atomic E-state index is 0.155. The van der Waals surface area contributed by atoms with Crippen LogP contribution in [0.3, 0.4) is 0 Å². The zero-order valence-corrected chi connectivity index (χ0v) is 12.4. The second-order valence-electron chi connectivity index (χ2n) is 5.44. The summed E-state index contributed by atoms with van der Waals surface area (Å²) in [5, 5.41) is 8.92. The quantitative estimate of drug-likeness (QED) is 0.905. The fourth-order valence-electron chi connectivity index (χ4n) is 2.81. The molecule has 1 heterocycles. The number of aliphatic carboxylic acids is 1. The third-order valence-electron chi connectivity index (χ3n) is 3.82. The third kappa shape index (κ3) is 3.97. The highest BCUT2D eigenvalue weighted by Gasteiger charge is 2.30. The molecule has 1 N–H and O–H groups in total. The van der Waals surface area contributed by atoms with Gasteiger partial charge < -0.3 is 14.9 Å². The van der Waals surface area contributed by atoms with Gasteiger partial charge in [-0.05, 0) is 18.4 Å². The van der Waals surface area contributed by atoms with Gasteiger partial charge >= 0.3 is 12.0 Å². The predicted octanol–water partition coefficient (Wildman–Crippen LogP) is 2.39. The summed E-state index contributed by atoms with van der Waals surface area (Å²) in [5.74, 6) is -0.612. The van der Waals surface area contributed by atoms with Crippen LogP contribution in [0.4, 0.5) is 4.79 Å². The minimum Gasteiger partial charge on any atom is -0.480 e. The van der Waals surface area contributed by atoms with Crippen molar-refractivity contribution in [1.29, 1.82) is 0 Å². The molecule has 1 aliphatic heterocycles. The number of nitrogens with zero attached hydrogens (tertiary/aromatic N) is 2. The van der Waals surface area contributed by atoms with Gasteiger partial charge in [0.15, 0.2) is 0 Å². The van der Waals surface area contributed by atoms with Crippen molar-refractivity contribution in [3.8, 4) is 0 Å². The lowest BCUT2D eigenvalue weighted by Gasteiger charge is -2.26. The highest BCUT2D eigenvalue weighted by Crippen LogP contribution is 2.27. The van der Waals surface area contributed by atoms with E-state index >= 15 is 0 Å². The number of benzene rings is 1. The van der Waals surface area contributed by atoms with Crippen LogP contribution in [0.2, 0.25) is 0 Å². The van der Waals surface area contributed by atoms with Gasteiger partial charge in [0, 0.05) is 25.6 Å². The smallest absolute Gasteiger partial charge is 0.323 e. The molecule has 114 valence electrons. The van der Waals surface area contributed by atoms with Crippen LogP contribution < -0.4 is 0 Å². The van der Waals surface area contributed by atoms with Gasteiger partial charge in [0.25, 0.3) is 0 Å². The monoisotopic (exact) mass is 290 g/mol. The molecule has 1 saturated heterocycles. The molecule has 1 aromatic carbocycles. The molecule has 0 aromatic heterocycles. The maximum atomic E-state index is 12.4. The number of hydrogen-bond donors (Lipinski definition) is 1. The summed E-state index contributed by atoms with van der Waals surface area (Å²) >= 11 is 0. The molecule has 5 nitrogen and oxygen atoms in total. The highest BCUT2D eigenvalue weighted by molar-refractivity contribution is 5.80. The molecular weight excluding hydrogens is 268 g/mol. The Morgan fingerprint density at radius 3 is 2.67 bits per heavy atom. The topological polar surface area (TPSA) is 60.9 Å². The van der Waals surface area contributed by atoms with Crippen molar-refractivity contribution in [3.05, 3.63) is 35.9 Å². The molecule has 1 unspecified atom stereocenters. The first-order valence-corrected chi connectivity index (χ1v) is 7.42. The summed E-state index contributed by atoms with van der Waals surface area (Å²) in [4.78, 5) is 26.5. The SMILES string of the molecule is CCCN(CC(=O)O)C(=O)N1CCC(c2ccccc2)C1. The van der Waals surface area contributed by atoms with Gasteiger partial charge in [-0.15, -0.1) is 0 Å². The molecule has 0 spiro atoms. The molecule has 1 aliphatic rings. The number of hydrogen-bond acceptors (Lipinski definition) is 2. The number of carboxylic acids is 1. The summed E-state index contributed by atoms with van der Waals surface area (Å²) in [6.07, 6.45) is 1.69. The zero-order valence-electron chi connectivity index (χ0n) is 12.4. The number of likely N-dealkylation sites (tertiary alicyclic amines) is 1. The molecule has 1 atom stereocenters. The Labute approximate surface area is 125 Å². The van der Waals surface area contributed by atoms with Gasteiger partial charge in [0.2, 0.25) is 0 Å². The van der Waals surface area contributed by atoms with Crippen molar-refractivity contribution < 1.29 is 14.7 Å². The van der Waals surface area contributed by atoms with Crippen molar-refractivity contribution >= 4 is 12.0 Å². The second kappa shape index (κ2) is 7.11. The molecule has 0 aliphatic carbocycles. The summed E-state index contributed by atoms with van der Waals surface area (Å²) in [6, 6.07) is 10.0. The first-order valence-electron chi connectivity index (χ1n) is 7.42. The lowest BCUT2D eigenvalue weighted by Crippen LogP contribution is -2.44. The van der Waals surface area contributed by atoms with Crippen molar-refractivity contribution in [2.24, 2.45) is 0 Å². The molecule has 21 heavy (non-hydrogen) atoms. The number of amides is 2. The first-order chi connectivity index (χ1) is 10.1. The summed E-state index contributed by atoms with van der Waals surface area (Å²) in [6.45, 7) is 3.57. The molecule has 2 amide bonds. The van der Waals surface area contributed by atoms with Crippen LogP contribution in [0.1, 0.15) is 31.2 Å². The number of rotatable bonds is 5. The first kappa shape index (κ1) is 15.4. The molecule has 1 aromatic rings. The second-order valence-corrected chi connectivity index (χ2v) is 5.44. The van der Waals surface area contributed by atoms with E-state index < -0.39 is 5.97 Å². The summed E-state index contributed by atoms with van der Waals surface area (Å²) < 4.78 is 0. The van der Waals surface area contributed by atoms with Crippen molar-refractivity contribution in [2.45, 2.75) is 25.7 Å². The van der Waals surface area contributed by atoms with E-state index in [1.807, 2.05) is 25.1 Å². The van der Waals surface area contributed by atoms with Gasteiger partial charge in [-0.2, -0.15) is 0 Å². The Morgan fingerprint density at radius 1 is 1.33 bits per heavy atom. The number of carbonyl (C=O) groups is 2. The summed E-state index contributed by atoms with van der Waals surface area (Å²) in [7, 11) is 0. The van der Waals surface area contributed by atoms with Crippen LogP contribution in [0.25, 0.3) is 0 Å². The molecule has 1 fully saturated rings. The van der Waals surface area contributed by atoms with Gasteiger partial charge in [-0.1, -0.05) is 37.3 Å². The van der Waals surface area contributed by atoms with Gasteiger partial charge in [-0.25, -0.2) is 4.79 Å². The summed E-state index contributed by atoms with van der Waals surface area (Å²) in [5.41, 5.74) is 1.24. The zero-order chi connectivity index (χ0) is 15.2. The van der Waals surface area contributed by atoms with E-state index in [9.17, 15) is 9.59 Å². The number of carboxylic acid groups (broad SMARTS) is 1. The maximum Gasteiger partial charge on any atom is 0.323 e. The molecule has 0 saturated carbocycles. The van der Waals surface area contributed by atoms with E-state index in [-0.39, 0.29) is 12.6 Å². The molecule has 0 bridgehead atoms. The van der Waals surface area contributed by atoms with Crippen molar-refractivity contribution in [2.75, 3.05) is 26.2 Å². The van der Waals surface area contributed by atoms with Crippen LogP contribution in [0.5, 0.6) is 0 Å². The van der Waals surface area contributed by atoms with Gasteiger partial charge in [0.05, 0.1) is 0 Å². The van der Waals surface area contributed by atoms with Crippen LogP contribution >= 0.6 is 0 Å². The normalized spacial score (nSPS) is 17.8. The number of carbonyl (C=O) groups excluding carboxylic acids is 1. The van der Waals surface area contributed by atoms with Crippen molar-refractivity contribution in [1.82, 2.24) is 9.80 Å². The molecule has 0 radical (unpaired) electrons. The highest BCUT2D eigenvalue weighted by atomic mass is 16.4. The lowest BCUT2D eigenvalue weighted by molar-refractivity contribution is -0.137. The largest absolute Gasteiger partial charge is 0.480 e. The van der Waals surface area contributed by atoms with E-state index in [1.165, 1.54) is 10.5 Å². The predicted molar refractivity (Wildman–Crippen MR) is 80.3 cm³/mol. The fourth-order valence-corrected chi connectivity index (χ4v) is 2.81. The maximum absolute atomic E-state index is 12.4. The average Bonchev–Trinajstić information content (AvgIpc) is 2.96. The Hall–Kier alpha value is -2.04. The Kier molecular flexibility index (Phi) is 5.20. The van der Waals surface area contributed by atoms with E-state index in [2.05, 4.69) is 12.1 Å². The fraction of sp³-hybridized carbons (Fsp3) is 0.500. The van der Waals surface area contributed by atoms with Gasteiger partial charge in [0.1, 0.15) is 6.54 Å². The van der Waals surface area contributed by atoms with E-state index in [0.717, 1.165) is 12.8 Å². The van der Waals surface area contributed by atoms with Crippen LogP contribution in [0.15, 0.2) is 30.3 Å².